The van der Waals surface area contributed by atoms with Crippen molar-refractivity contribution in [3.05, 3.63) is 311 Å². The summed E-state index contributed by atoms with van der Waals surface area (Å²) in [7, 11) is 0. The molecule has 3 heteroatoms. The summed E-state index contributed by atoms with van der Waals surface area (Å²) >= 11 is 0. The third kappa shape index (κ3) is 5.03. The Kier molecular flexibility index (Phi) is 8.00. The maximum atomic E-state index is 6.42. The summed E-state index contributed by atoms with van der Waals surface area (Å²) < 4.78 is 8.95. The molecule has 1 unspecified atom stereocenters. The lowest BCUT2D eigenvalue weighted by molar-refractivity contribution is 0.669. The van der Waals surface area contributed by atoms with Crippen molar-refractivity contribution in [2.24, 2.45) is 0 Å². The van der Waals surface area contributed by atoms with Crippen molar-refractivity contribution in [1.29, 1.82) is 0 Å². The summed E-state index contributed by atoms with van der Waals surface area (Å²) in [5.41, 5.74) is 28.2. The molecule has 0 radical (unpaired) electrons. The predicted molar refractivity (Wildman–Crippen MR) is 315 cm³/mol. The van der Waals surface area contributed by atoms with E-state index in [-0.39, 0.29) is 0 Å². The van der Waals surface area contributed by atoms with E-state index in [0.717, 1.165) is 50.1 Å². The monoisotopic (exact) mass is 976 g/mol. The molecule has 0 bridgehead atoms. The highest BCUT2D eigenvalue weighted by Gasteiger charge is 2.54. The van der Waals surface area contributed by atoms with Crippen LogP contribution in [-0.2, 0) is 10.8 Å². The molecular formula is C74H44N2O. The van der Waals surface area contributed by atoms with Crippen molar-refractivity contribution in [2.45, 2.75) is 10.8 Å². The Bertz CT molecular complexity index is 4830. The van der Waals surface area contributed by atoms with Crippen molar-refractivity contribution in [1.82, 2.24) is 4.57 Å². The highest BCUT2D eigenvalue weighted by molar-refractivity contribution is 6.14. The summed E-state index contributed by atoms with van der Waals surface area (Å²) in [6, 6.07) is 100. The van der Waals surface area contributed by atoms with Crippen molar-refractivity contribution < 1.29 is 4.42 Å². The Morgan fingerprint density at radius 2 is 0.831 bits per heavy atom. The van der Waals surface area contributed by atoms with Gasteiger partial charge in [-0.05, 0) is 138 Å². The van der Waals surface area contributed by atoms with Gasteiger partial charge in [0.2, 0.25) is 0 Å². The van der Waals surface area contributed by atoms with Gasteiger partial charge in [-0.3, -0.25) is 0 Å². The second-order valence-electron chi connectivity index (χ2n) is 21.3. The number of furan rings is 1. The molecule has 0 N–H and O–H groups in total. The Morgan fingerprint density at radius 3 is 1.58 bits per heavy atom. The Hall–Kier alpha value is -9.96. The first-order chi connectivity index (χ1) is 38.2. The number of aromatic nitrogens is 1. The van der Waals surface area contributed by atoms with Gasteiger partial charge in [0.05, 0.1) is 33.2 Å². The van der Waals surface area contributed by atoms with Crippen LogP contribution in [0.1, 0.15) is 44.5 Å². The molecule has 2 spiro atoms. The van der Waals surface area contributed by atoms with Gasteiger partial charge in [0.1, 0.15) is 11.2 Å². The number of nitrogens with zero attached hydrogens (tertiary/aromatic N) is 2. The molecule has 4 aliphatic rings. The van der Waals surface area contributed by atoms with E-state index in [0.29, 0.717) is 0 Å². The molecule has 0 fully saturated rings. The van der Waals surface area contributed by atoms with E-state index in [1.54, 1.807) is 0 Å². The van der Waals surface area contributed by atoms with E-state index in [2.05, 4.69) is 270 Å². The fourth-order valence-electron chi connectivity index (χ4n) is 15.2. The van der Waals surface area contributed by atoms with Crippen LogP contribution in [0.5, 0.6) is 0 Å². The normalized spacial score (nSPS) is 15.4. The molecular weight excluding hydrogens is 933 g/mol. The summed E-state index contributed by atoms with van der Waals surface area (Å²) in [6.45, 7) is 0. The highest BCUT2D eigenvalue weighted by atomic mass is 16.3. The molecule has 1 aliphatic heterocycles. The zero-order valence-corrected chi connectivity index (χ0v) is 41.7. The van der Waals surface area contributed by atoms with Gasteiger partial charge in [0.25, 0.3) is 0 Å². The Labute approximate surface area is 444 Å². The second kappa shape index (κ2) is 14.9. The third-order valence-corrected chi connectivity index (χ3v) is 18.0. The largest absolute Gasteiger partial charge is 0.456 e. The molecule has 3 nitrogen and oxygen atoms in total. The van der Waals surface area contributed by atoms with E-state index in [1.165, 1.54) is 105 Å². The van der Waals surface area contributed by atoms with Crippen molar-refractivity contribution >= 4 is 60.8 Å². The first-order valence-electron chi connectivity index (χ1n) is 26.8. The standard InChI is InChI=1S/C74H44N2O/c1-7-26-57-49(18-1)50-19-2-8-27-58(50)73(57)59-28-9-3-20-51(59)52-43-42-47(44-64(52)73)75(46-40-38-45(39-41-46)48-24-16-37-69-70(48)56-23-6-14-36-68(56)77-69)67-35-17-31-62-71(67)55-22-4-10-29-60(55)74(62)61-30-11-13-34-66(61)76-65-33-12-5-21-53(65)54-25-15-32-63(74)72(54)76/h1-44H. The zero-order valence-electron chi connectivity index (χ0n) is 41.7. The lowest BCUT2D eigenvalue weighted by atomic mass is 9.65. The number of fused-ring (bicyclic) bond motifs is 25. The number of anilines is 3. The number of rotatable bonds is 4. The summed E-state index contributed by atoms with van der Waals surface area (Å²) in [4.78, 5) is 2.56. The number of hydrogen-bond donors (Lipinski definition) is 0. The molecule has 2 aromatic heterocycles. The quantitative estimate of drug-likeness (QED) is 0.175. The van der Waals surface area contributed by atoms with Gasteiger partial charge in [-0.1, -0.05) is 212 Å². The number of benzene rings is 12. The summed E-state index contributed by atoms with van der Waals surface area (Å²) in [5, 5.41) is 4.81. The van der Waals surface area contributed by atoms with Crippen LogP contribution in [0.3, 0.4) is 0 Å². The first kappa shape index (κ1) is 41.4. The summed E-state index contributed by atoms with van der Waals surface area (Å²) in [6.07, 6.45) is 0. The maximum absolute atomic E-state index is 6.42. The van der Waals surface area contributed by atoms with Gasteiger partial charge >= 0.3 is 0 Å². The number of para-hydroxylation sites is 4. The molecule has 0 amide bonds. The fourth-order valence-corrected chi connectivity index (χ4v) is 15.2. The van der Waals surface area contributed by atoms with Crippen LogP contribution < -0.4 is 4.90 Å². The van der Waals surface area contributed by atoms with Crippen molar-refractivity contribution in [3.8, 4) is 50.2 Å². The minimum Gasteiger partial charge on any atom is -0.456 e. The molecule has 3 heterocycles. The van der Waals surface area contributed by atoms with E-state index in [4.69, 9.17) is 4.42 Å². The fraction of sp³-hybridized carbons (Fsp3) is 0.0270. The second-order valence-corrected chi connectivity index (χ2v) is 21.3. The van der Waals surface area contributed by atoms with Gasteiger partial charge in [0, 0.05) is 38.5 Å². The third-order valence-electron chi connectivity index (χ3n) is 18.0. The van der Waals surface area contributed by atoms with Crippen molar-refractivity contribution in [2.75, 3.05) is 4.90 Å². The molecule has 12 aromatic carbocycles. The van der Waals surface area contributed by atoms with Crippen LogP contribution >= 0.6 is 0 Å². The molecule has 0 saturated carbocycles. The minimum absolute atomic E-state index is 0.505. The van der Waals surface area contributed by atoms with Crippen LogP contribution in [0, 0.1) is 0 Å². The Morgan fingerprint density at radius 1 is 0.325 bits per heavy atom. The van der Waals surface area contributed by atoms with Crippen LogP contribution in [-0.4, -0.2) is 4.57 Å². The van der Waals surface area contributed by atoms with Gasteiger partial charge < -0.3 is 13.9 Å². The van der Waals surface area contributed by atoms with Crippen molar-refractivity contribution in [3.63, 3.8) is 0 Å². The Balaban J connectivity index is 0.923. The molecule has 77 heavy (non-hydrogen) atoms. The zero-order chi connectivity index (χ0) is 50.1. The van der Waals surface area contributed by atoms with Gasteiger partial charge in [-0.15, -0.1) is 0 Å². The summed E-state index contributed by atoms with van der Waals surface area (Å²) in [5.74, 6) is 0. The molecule has 356 valence electrons. The van der Waals surface area contributed by atoms with Gasteiger partial charge in [0.15, 0.2) is 0 Å². The smallest absolute Gasteiger partial charge is 0.136 e. The average Bonchev–Trinajstić information content (AvgIpc) is 4.42. The van der Waals surface area contributed by atoms with E-state index in [1.807, 2.05) is 6.07 Å². The molecule has 0 saturated heterocycles. The maximum Gasteiger partial charge on any atom is 0.136 e. The number of hydrogen-bond acceptors (Lipinski definition) is 2. The lowest BCUT2D eigenvalue weighted by Gasteiger charge is -2.39. The van der Waals surface area contributed by atoms with E-state index < -0.39 is 10.8 Å². The van der Waals surface area contributed by atoms with E-state index in [9.17, 15) is 0 Å². The van der Waals surface area contributed by atoms with Crippen LogP contribution in [0.15, 0.2) is 271 Å². The van der Waals surface area contributed by atoms with Crippen LogP contribution in [0.4, 0.5) is 17.1 Å². The highest BCUT2D eigenvalue weighted by Crippen LogP contribution is 2.66. The molecule has 1 atom stereocenters. The molecule has 3 aliphatic carbocycles. The SMILES string of the molecule is c1ccc2c(c1)-c1ccccc1C21c2ccccc2-c2ccc(N(c3ccc(-c4cccc5oc6ccccc6c45)cc3)c3cccc4c3-c3ccccc3C43c4ccccc4-n4c5ccccc5c5cccc3c54)cc21. The van der Waals surface area contributed by atoms with E-state index >= 15 is 0 Å². The first-order valence-corrected chi connectivity index (χ1v) is 26.8. The van der Waals surface area contributed by atoms with Gasteiger partial charge in [-0.2, -0.15) is 0 Å². The average molecular weight is 977 g/mol. The van der Waals surface area contributed by atoms with Crippen LogP contribution in [0.25, 0.3) is 93.9 Å². The molecule has 18 rings (SSSR count). The minimum atomic E-state index is -0.606. The predicted octanol–water partition coefficient (Wildman–Crippen LogP) is 18.8. The molecule has 14 aromatic rings. The lowest BCUT2D eigenvalue weighted by Crippen LogP contribution is -2.33. The topological polar surface area (TPSA) is 21.3 Å². The van der Waals surface area contributed by atoms with Crippen LogP contribution in [0.2, 0.25) is 0 Å². The van der Waals surface area contributed by atoms with Gasteiger partial charge in [-0.25, -0.2) is 0 Å².